The number of anilines is 1. The fourth-order valence-electron chi connectivity index (χ4n) is 4.96. The molecular weight excluding hydrogens is 408 g/mol. The van der Waals surface area contributed by atoms with Crippen molar-refractivity contribution < 1.29 is 4.74 Å². The lowest BCUT2D eigenvalue weighted by atomic mass is 10.1. The van der Waals surface area contributed by atoms with Crippen molar-refractivity contribution in [1.82, 2.24) is 14.7 Å². The number of methoxy groups -OCH3 is 1. The third kappa shape index (κ3) is 4.43. The Kier molecular flexibility index (Phi) is 5.88. The lowest BCUT2D eigenvalue weighted by Gasteiger charge is -2.39. The van der Waals surface area contributed by atoms with Gasteiger partial charge in [0.15, 0.2) is 0 Å². The highest BCUT2D eigenvalue weighted by molar-refractivity contribution is 6.30. The van der Waals surface area contributed by atoms with Gasteiger partial charge in [-0.3, -0.25) is 9.58 Å². The number of ether oxygens (including phenoxy) is 1. The van der Waals surface area contributed by atoms with Gasteiger partial charge in [-0.25, -0.2) is 0 Å². The molecule has 2 aromatic carbocycles. The monoisotopic (exact) mass is 436 g/mol. The predicted molar refractivity (Wildman–Crippen MR) is 126 cm³/mol. The van der Waals surface area contributed by atoms with Crippen LogP contribution in [0, 0.1) is 0 Å². The highest BCUT2D eigenvalue weighted by Gasteiger charge is 2.32. The predicted octanol–water partition coefficient (Wildman–Crippen LogP) is 5.13. The quantitative estimate of drug-likeness (QED) is 0.555. The first-order valence-electron chi connectivity index (χ1n) is 11.1. The van der Waals surface area contributed by atoms with Crippen LogP contribution in [0.1, 0.15) is 25.3 Å². The summed E-state index contributed by atoms with van der Waals surface area (Å²) in [5, 5.41) is 5.63. The number of hydrogen-bond acceptors (Lipinski definition) is 4. The molecule has 1 saturated carbocycles. The molecule has 31 heavy (non-hydrogen) atoms. The summed E-state index contributed by atoms with van der Waals surface area (Å²) in [5.41, 5.74) is 3.43. The molecule has 6 heteroatoms. The fraction of sp³-hybridized carbons (Fsp3) is 0.400. The molecule has 1 aliphatic heterocycles. The van der Waals surface area contributed by atoms with Gasteiger partial charge >= 0.3 is 0 Å². The smallest absolute Gasteiger partial charge is 0.119 e. The van der Waals surface area contributed by atoms with Gasteiger partial charge in [0.2, 0.25) is 0 Å². The van der Waals surface area contributed by atoms with Crippen molar-refractivity contribution in [2.45, 2.75) is 31.3 Å². The van der Waals surface area contributed by atoms with Crippen LogP contribution in [0.5, 0.6) is 5.75 Å². The maximum absolute atomic E-state index is 6.02. The zero-order valence-corrected chi connectivity index (χ0v) is 18.7. The summed E-state index contributed by atoms with van der Waals surface area (Å²) in [4.78, 5) is 5.16. The van der Waals surface area contributed by atoms with Crippen LogP contribution in [0.25, 0.3) is 11.3 Å². The van der Waals surface area contributed by atoms with Gasteiger partial charge in [0, 0.05) is 54.7 Å². The van der Waals surface area contributed by atoms with E-state index in [9.17, 15) is 0 Å². The Hall–Kier alpha value is -2.50. The number of halogens is 1. The van der Waals surface area contributed by atoms with Crippen LogP contribution in [-0.2, 0) is 0 Å². The topological polar surface area (TPSA) is 33.5 Å². The number of nitrogens with zero attached hydrogens (tertiary/aromatic N) is 4. The minimum Gasteiger partial charge on any atom is -0.497 e. The normalized spacial score (nSPS) is 22.1. The molecule has 5 nitrogen and oxygen atoms in total. The fourth-order valence-corrected chi connectivity index (χ4v) is 5.09. The minimum atomic E-state index is 0.491. The van der Waals surface area contributed by atoms with Crippen LogP contribution in [0.3, 0.4) is 0 Å². The molecule has 1 aromatic heterocycles. The Morgan fingerprint density at radius 3 is 2.29 bits per heavy atom. The number of rotatable bonds is 5. The second-order valence-electron chi connectivity index (χ2n) is 8.53. The van der Waals surface area contributed by atoms with Crippen LogP contribution in [0.2, 0.25) is 5.02 Å². The van der Waals surface area contributed by atoms with Crippen molar-refractivity contribution in [3.05, 3.63) is 65.8 Å². The summed E-state index contributed by atoms with van der Waals surface area (Å²) < 4.78 is 7.46. The molecule has 2 atom stereocenters. The molecule has 0 radical (unpaired) electrons. The molecule has 1 aliphatic carbocycles. The molecule has 2 heterocycles. The molecule has 0 spiro atoms. The third-order valence-electron chi connectivity index (χ3n) is 6.77. The van der Waals surface area contributed by atoms with E-state index in [0.29, 0.717) is 12.1 Å². The van der Waals surface area contributed by atoms with Crippen LogP contribution >= 0.6 is 11.6 Å². The van der Waals surface area contributed by atoms with Crippen molar-refractivity contribution in [1.29, 1.82) is 0 Å². The Balaban J connectivity index is 1.16. The summed E-state index contributed by atoms with van der Waals surface area (Å²) in [7, 11) is 1.71. The Morgan fingerprint density at radius 1 is 0.871 bits per heavy atom. The van der Waals surface area contributed by atoms with Crippen LogP contribution in [0.4, 0.5) is 5.69 Å². The van der Waals surface area contributed by atoms with E-state index < -0.39 is 0 Å². The summed E-state index contributed by atoms with van der Waals surface area (Å²) in [6.45, 7) is 4.41. The van der Waals surface area contributed by atoms with Crippen molar-refractivity contribution in [2.75, 3.05) is 38.2 Å². The zero-order chi connectivity index (χ0) is 21.2. The van der Waals surface area contributed by atoms with Gasteiger partial charge in [-0.1, -0.05) is 23.7 Å². The van der Waals surface area contributed by atoms with E-state index in [0.717, 1.165) is 48.2 Å². The summed E-state index contributed by atoms with van der Waals surface area (Å²) in [6, 6.07) is 19.6. The molecule has 162 valence electrons. The number of piperazine rings is 1. The van der Waals surface area contributed by atoms with Crippen molar-refractivity contribution in [2.24, 2.45) is 0 Å². The standard InChI is InChI=1S/C25H29ClN4O/c1-31-24-10-8-21(9-11-24)28-14-16-29(17-15-28)22-6-7-23(18-22)30-13-12-25(27-30)19-2-4-20(26)5-3-19/h2-5,8-13,22-23H,6-7,14-18H2,1H3. The van der Waals surface area contributed by atoms with Crippen LogP contribution in [0.15, 0.2) is 60.8 Å². The first-order valence-corrected chi connectivity index (χ1v) is 11.5. The van der Waals surface area contributed by atoms with Crippen LogP contribution < -0.4 is 9.64 Å². The summed E-state index contributed by atoms with van der Waals surface area (Å²) >= 11 is 6.02. The van der Waals surface area contributed by atoms with Gasteiger partial charge in [-0.15, -0.1) is 0 Å². The average Bonchev–Trinajstić information content (AvgIpc) is 3.50. The second-order valence-corrected chi connectivity index (χ2v) is 8.97. The van der Waals surface area contributed by atoms with Gasteiger partial charge in [-0.2, -0.15) is 5.10 Å². The molecule has 2 aliphatic rings. The number of benzene rings is 2. The summed E-state index contributed by atoms with van der Waals surface area (Å²) in [5.74, 6) is 0.914. The van der Waals surface area contributed by atoms with Gasteiger partial charge in [0.25, 0.3) is 0 Å². The Morgan fingerprint density at radius 2 is 1.58 bits per heavy atom. The van der Waals surface area contributed by atoms with E-state index in [2.05, 4.69) is 38.9 Å². The second kappa shape index (κ2) is 8.93. The van der Waals surface area contributed by atoms with Gasteiger partial charge in [-0.05, 0) is 61.7 Å². The van der Waals surface area contributed by atoms with E-state index in [4.69, 9.17) is 21.4 Å². The average molecular weight is 437 g/mol. The van der Waals surface area contributed by atoms with E-state index in [1.54, 1.807) is 7.11 Å². The number of aromatic nitrogens is 2. The molecule has 5 rings (SSSR count). The van der Waals surface area contributed by atoms with Gasteiger partial charge in [0.1, 0.15) is 5.75 Å². The highest BCUT2D eigenvalue weighted by atomic mass is 35.5. The largest absolute Gasteiger partial charge is 0.497 e. The van der Waals surface area contributed by atoms with E-state index in [1.165, 1.54) is 24.9 Å². The SMILES string of the molecule is COc1ccc(N2CCN(C3CCC(n4ccc(-c5ccc(Cl)cc5)n4)C3)CC2)cc1. The maximum Gasteiger partial charge on any atom is 0.119 e. The first-order chi connectivity index (χ1) is 15.2. The zero-order valence-electron chi connectivity index (χ0n) is 18.0. The first kappa shape index (κ1) is 20.4. The molecule has 0 bridgehead atoms. The van der Waals surface area contributed by atoms with E-state index in [-0.39, 0.29) is 0 Å². The van der Waals surface area contributed by atoms with Crippen molar-refractivity contribution >= 4 is 17.3 Å². The van der Waals surface area contributed by atoms with Crippen molar-refractivity contribution in [3.63, 3.8) is 0 Å². The molecule has 3 aromatic rings. The molecule has 2 unspecified atom stereocenters. The molecular formula is C25H29ClN4O. The number of hydrogen-bond donors (Lipinski definition) is 0. The lowest BCUT2D eigenvalue weighted by molar-refractivity contribution is 0.183. The van der Waals surface area contributed by atoms with Crippen molar-refractivity contribution in [3.8, 4) is 17.0 Å². The molecule has 2 fully saturated rings. The lowest BCUT2D eigenvalue weighted by Crippen LogP contribution is -2.49. The minimum absolute atomic E-state index is 0.491. The maximum atomic E-state index is 6.02. The van der Waals surface area contributed by atoms with E-state index in [1.807, 2.05) is 36.4 Å². The van der Waals surface area contributed by atoms with Crippen LogP contribution in [-0.4, -0.2) is 54.0 Å². The molecule has 1 saturated heterocycles. The van der Waals surface area contributed by atoms with E-state index >= 15 is 0 Å². The van der Waals surface area contributed by atoms with Gasteiger partial charge in [0.05, 0.1) is 18.8 Å². The van der Waals surface area contributed by atoms with Gasteiger partial charge < -0.3 is 9.64 Å². The highest BCUT2D eigenvalue weighted by Crippen LogP contribution is 2.34. The Bertz CT molecular complexity index is 993. The Labute approximate surface area is 189 Å². The third-order valence-corrected chi connectivity index (χ3v) is 7.02. The summed E-state index contributed by atoms with van der Waals surface area (Å²) in [6.07, 6.45) is 5.78. The molecule has 0 N–H and O–H groups in total. The molecule has 0 amide bonds.